The van der Waals surface area contributed by atoms with Crippen LogP contribution < -0.4 is 5.73 Å². The minimum Gasteiger partial charge on any atom is -0.394 e. The van der Waals surface area contributed by atoms with Gasteiger partial charge < -0.3 is 15.8 Å². The minimum atomic E-state index is -0.964. The van der Waals surface area contributed by atoms with Crippen LogP contribution in [0.1, 0.15) is 12.6 Å². The quantitative estimate of drug-likeness (QED) is 0.458. The van der Waals surface area contributed by atoms with Crippen molar-refractivity contribution in [2.45, 2.75) is 12.5 Å². The minimum absolute atomic E-state index is 0.0554. The number of H-pyrrole nitrogens is 1. The van der Waals surface area contributed by atoms with E-state index in [2.05, 4.69) is 4.98 Å². The smallest absolute Gasteiger partial charge is 0.287 e. The summed E-state index contributed by atoms with van der Waals surface area (Å²) in [6.45, 7) is 1.31. The van der Waals surface area contributed by atoms with Gasteiger partial charge in [0.25, 0.3) is 5.69 Å². The summed E-state index contributed by atoms with van der Waals surface area (Å²) < 4.78 is 0. The number of aliphatic hydroxyl groups is 1. The maximum absolute atomic E-state index is 10.3. The molecule has 0 aliphatic carbocycles. The van der Waals surface area contributed by atoms with Crippen LogP contribution in [0.5, 0.6) is 0 Å². The number of hydrogen-bond acceptors (Lipinski definition) is 4. The van der Waals surface area contributed by atoms with Gasteiger partial charge in [0.2, 0.25) is 0 Å². The molecule has 0 saturated carbocycles. The highest BCUT2D eigenvalue weighted by Gasteiger charge is 2.24. The molecule has 6 heteroatoms. The number of aromatic nitrogens is 1. The van der Waals surface area contributed by atoms with E-state index in [9.17, 15) is 10.1 Å². The van der Waals surface area contributed by atoms with Crippen molar-refractivity contribution in [3.05, 3.63) is 28.1 Å². The number of rotatable bonds is 3. The largest absolute Gasteiger partial charge is 0.394 e. The Bertz CT molecular complexity index is 319. The number of nitrogens with zero attached hydrogens (tertiary/aromatic N) is 1. The second-order valence-corrected chi connectivity index (χ2v) is 3.10. The third-order valence-corrected chi connectivity index (χ3v) is 1.82. The number of nitrogens with one attached hydrogen (secondary N) is 1. The van der Waals surface area contributed by atoms with Crippen LogP contribution in [0.25, 0.3) is 0 Å². The first-order valence-corrected chi connectivity index (χ1v) is 3.70. The van der Waals surface area contributed by atoms with Gasteiger partial charge in [0.1, 0.15) is 0 Å². The van der Waals surface area contributed by atoms with Gasteiger partial charge in [-0.3, -0.25) is 10.1 Å². The van der Waals surface area contributed by atoms with E-state index in [0.717, 1.165) is 0 Å². The molecular weight excluding hydrogens is 174 g/mol. The molecule has 72 valence electrons. The maximum atomic E-state index is 10.3. The van der Waals surface area contributed by atoms with Crippen molar-refractivity contribution in [1.29, 1.82) is 0 Å². The Balaban J connectivity index is 2.98. The van der Waals surface area contributed by atoms with Crippen LogP contribution in [0.4, 0.5) is 5.69 Å². The van der Waals surface area contributed by atoms with Crippen LogP contribution in [-0.4, -0.2) is 21.6 Å². The molecule has 4 N–H and O–H groups in total. The van der Waals surface area contributed by atoms with E-state index >= 15 is 0 Å². The zero-order valence-corrected chi connectivity index (χ0v) is 7.15. The molecule has 0 fully saturated rings. The number of aromatic amines is 1. The topological polar surface area (TPSA) is 105 Å². The van der Waals surface area contributed by atoms with E-state index in [1.165, 1.54) is 12.3 Å². The molecule has 0 amide bonds. The Morgan fingerprint density at radius 3 is 2.85 bits per heavy atom. The molecule has 0 bridgehead atoms. The molecule has 0 unspecified atom stereocenters. The average Bonchev–Trinajstić information content (AvgIpc) is 2.52. The van der Waals surface area contributed by atoms with E-state index < -0.39 is 10.5 Å². The van der Waals surface area contributed by atoms with E-state index in [1.807, 2.05) is 0 Å². The lowest BCUT2D eigenvalue weighted by atomic mass is 10.0. The summed E-state index contributed by atoms with van der Waals surface area (Å²) in [5.74, 6) is 0. The molecule has 1 rings (SSSR count). The van der Waals surface area contributed by atoms with Crippen molar-refractivity contribution >= 4 is 5.69 Å². The van der Waals surface area contributed by atoms with Crippen molar-refractivity contribution in [3.8, 4) is 0 Å². The van der Waals surface area contributed by atoms with Gasteiger partial charge in [-0.1, -0.05) is 0 Å². The highest BCUT2D eigenvalue weighted by Crippen LogP contribution is 2.20. The SMILES string of the molecule is C[C@@](N)(CO)c1cc([N+](=O)[O-])c[nH]1. The zero-order valence-electron chi connectivity index (χ0n) is 7.15. The van der Waals surface area contributed by atoms with Gasteiger partial charge in [0.05, 0.1) is 23.3 Å². The summed E-state index contributed by atoms with van der Waals surface area (Å²) in [6.07, 6.45) is 1.25. The van der Waals surface area contributed by atoms with Gasteiger partial charge >= 0.3 is 0 Å². The lowest BCUT2D eigenvalue weighted by Crippen LogP contribution is -2.37. The fourth-order valence-corrected chi connectivity index (χ4v) is 0.903. The third-order valence-electron chi connectivity index (χ3n) is 1.82. The normalized spacial score (nSPS) is 15.3. The summed E-state index contributed by atoms with van der Waals surface area (Å²) in [7, 11) is 0. The highest BCUT2D eigenvalue weighted by molar-refractivity contribution is 5.33. The van der Waals surface area contributed by atoms with Gasteiger partial charge in [-0.15, -0.1) is 0 Å². The Kier molecular flexibility index (Phi) is 2.35. The number of nitro groups is 1. The predicted octanol–water partition coefficient (Wildman–Crippen LogP) is 0.0891. The number of nitrogens with two attached hydrogens (primary N) is 1. The summed E-state index contributed by atoms with van der Waals surface area (Å²) >= 11 is 0. The van der Waals surface area contributed by atoms with E-state index in [0.29, 0.717) is 5.69 Å². The zero-order chi connectivity index (χ0) is 10.1. The van der Waals surface area contributed by atoms with Crippen molar-refractivity contribution in [2.24, 2.45) is 5.73 Å². The first kappa shape index (κ1) is 9.69. The summed E-state index contributed by atoms with van der Waals surface area (Å²) in [5.41, 5.74) is 5.07. The molecule has 6 nitrogen and oxygen atoms in total. The number of hydrogen-bond donors (Lipinski definition) is 3. The molecule has 0 spiro atoms. The molecule has 1 atom stereocenters. The average molecular weight is 185 g/mol. The van der Waals surface area contributed by atoms with Gasteiger partial charge in [-0.25, -0.2) is 0 Å². The second-order valence-electron chi connectivity index (χ2n) is 3.10. The monoisotopic (exact) mass is 185 g/mol. The third kappa shape index (κ3) is 1.85. The Hall–Kier alpha value is -1.40. The second kappa shape index (κ2) is 3.15. The lowest BCUT2D eigenvalue weighted by molar-refractivity contribution is -0.384. The van der Waals surface area contributed by atoms with E-state index in [4.69, 9.17) is 10.8 Å². The van der Waals surface area contributed by atoms with Gasteiger partial charge in [0, 0.05) is 11.8 Å². The summed E-state index contributed by atoms with van der Waals surface area (Å²) in [6, 6.07) is 1.32. The van der Waals surface area contributed by atoms with Crippen LogP contribution in [0.3, 0.4) is 0 Å². The molecule has 1 aromatic heterocycles. The van der Waals surface area contributed by atoms with Crippen LogP contribution in [0.2, 0.25) is 0 Å². The molecule has 0 aliphatic heterocycles. The predicted molar refractivity (Wildman–Crippen MR) is 46.1 cm³/mol. The Morgan fingerprint density at radius 2 is 2.46 bits per heavy atom. The van der Waals surface area contributed by atoms with Crippen molar-refractivity contribution in [1.82, 2.24) is 4.98 Å². The standard InChI is InChI=1S/C7H11N3O3/c1-7(8,4-11)6-2-5(3-9-6)10(12)13/h2-3,9,11H,4,8H2,1H3/t7-/m1/s1. The molecule has 0 radical (unpaired) electrons. The van der Waals surface area contributed by atoms with Crippen LogP contribution >= 0.6 is 0 Å². The van der Waals surface area contributed by atoms with Gasteiger partial charge in [0.15, 0.2) is 0 Å². The van der Waals surface area contributed by atoms with Crippen LogP contribution in [0, 0.1) is 10.1 Å². The van der Waals surface area contributed by atoms with E-state index in [-0.39, 0.29) is 12.3 Å². The molecule has 13 heavy (non-hydrogen) atoms. The molecule has 0 saturated heterocycles. The van der Waals surface area contributed by atoms with Crippen LogP contribution in [0.15, 0.2) is 12.3 Å². The van der Waals surface area contributed by atoms with Crippen LogP contribution in [-0.2, 0) is 5.54 Å². The van der Waals surface area contributed by atoms with Crippen molar-refractivity contribution < 1.29 is 10.0 Å². The summed E-state index contributed by atoms with van der Waals surface area (Å²) in [4.78, 5) is 12.4. The first-order chi connectivity index (χ1) is 5.97. The van der Waals surface area contributed by atoms with Gasteiger partial charge in [-0.2, -0.15) is 0 Å². The van der Waals surface area contributed by atoms with Crippen molar-refractivity contribution in [2.75, 3.05) is 6.61 Å². The lowest BCUT2D eigenvalue weighted by Gasteiger charge is -2.19. The molecule has 1 aromatic rings. The Morgan fingerprint density at radius 1 is 1.85 bits per heavy atom. The van der Waals surface area contributed by atoms with Gasteiger partial charge in [-0.05, 0) is 6.92 Å². The Labute approximate surface area is 74.5 Å². The first-order valence-electron chi connectivity index (χ1n) is 3.70. The molecule has 1 heterocycles. The molecule has 0 aromatic carbocycles. The fourth-order valence-electron chi connectivity index (χ4n) is 0.903. The van der Waals surface area contributed by atoms with E-state index in [1.54, 1.807) is 6.92 Å². The fraction of sp³-hybridized carbons (Fsp3) is 0.429. The highest BCUT2D eigenvalue weighted by atomic mass is 16.6. The number of aliphatic hydroxyl groups excluding tert-OH is 1. The van der Waals surface area contributed by atoms with Crippen molar-refractivity contribution in [3.63, 3.8) is 0 Å². The molecule has 0 aliphatic rings. The summed E-state index contributed by atoms with van der Waals surface area (Å²) in [5, 5.41) is 19.2. The maximum Gasteiger partial charge on any atom is 0.287 e. The molecular formula is C7H11N3O3.